The molecule has 0 saturated heterocycles. The van der Waals surface area contributed by atoms with Gasteiger partial charge in [-0.1, -0.05) is 13.8 Å². The number of anilines is 1. The van der Waals surface area contributed by atoms with Crippen LogP contribution in [-0.2, 0) is 0 Å². The minimum absolute atomic E-state index is 0.640. The summed E-state index contributed by atoms with van der Waals surface area (Å²) in [5.74, 6) is 1.59. The topological polar surface area (TPSA) is 37.3 Å². The fourth-order valence-electron chi connectivity index (χ4n) is 1.75. The monoisotopic (exact) mass is 217 g/mol. The van der Waals surface area contributed by atoms with Crippen molar-refractivity contribution in [1.82, 2.24) is 4.98 Å². The molecule has 0 saturated carbocycles. The van der Waals surface area contributed by atoms with Crippen LogP contribution < -0.4 is 5.32 Å². The van der Waals surface area contributed by atoms with E-state index in [0.29, 0.717) is 5.92 Å². The lowest BCUT2D eigenvalue weighted by molar-refractivity contribution is 0.687. The van der Waals surface area contributed by atoms with Crippen LogP contribution in [0.1, 0.15) is 32.3 Å². The highest BCUT2D eigenvalue weighted by Crippen LogP contribution is 2.13. The Morgan fingerprint density at radius 3 is 2.81 bits per heavy atom. The predicted octanol–water partition coefficient (Wildman–Crippen LogP) is 2.73. The second kappa shape index (κ2) is 5.10. The van der Waals surface area contributed by atoms with Crippen LogP contribution in [0.5, 0.6) is 0 Å². The van der Waals surface area contributed by atoms with E-state index in [1.165, 1.54) is 17.7 Å². The number of nitrogens with zero attached hydrogens (tertiary/aromatic N) is 2. The molecule has 2 heterocycles. The molecule has 0 aliphatic carbocycles. The molecule has 1 N–H and O–H groups in total. The molecule has 0 bridgehead atoms. The first-order valence-electron chi connectivity index (χ1n) is 5.99. The van der Waals surface area contributed by atoms with Gasteiger partial charge in [0.1, 0.15) is 5.82 Å². The van der Waals surface area contributed by atoms with Crippen molar-refractivity contribution in [1.29, 1.82) is 0 Å². The zero-order chi connectivity index (χ0) is 11.4. The number of nitrogens with one attached hydrogen (secondary N) is 1. The highest BCUT2D eigenvalue weighted by molar-refractivity contribution is 6.01. The molecule has 0 atom stereocenters. The second-order valence-electron chi connectivity index (χ2n) is 4.64. The molecule has 1 aromatic heterocycles. The lowest BCUT2D eigenvalue weighted by Crippen LogP contribution is -2.09. The van der Waals surface area contributed by atoms with Gasteiger partial charge < -0.3 is 5.32 Å². The summed E-state index contributed by atoms with van der Waals surface area (Å²) in [7, 11) is 0. The Bertz CT molecular complexity index is 365. The molecule has 0 amide bonds. The SMILES string of the molecule is CC(C)CNc1ccc(C2=NCCC2)cn1. The third-order valence-corrected chi connectivity index (χ3v) is 2.66. The fourth-order valence-corrected chi connectivity index (χ4v) is 1.75. The van der Waals surface area contributed by atoms with E-state index in [-0.39, 0.29) is 0 Å². The van der Waals surface area contributed by atoms with Gasteiger partial charge in [-0.3, -0.25) is 4.99 Å². The molecular weight excluding hydrogens is 198 g/mol. The number of pyridine rings is 1. The van der Waals surface area contributed by atoms with Crippen LogP contribution in [0.15, 0.2) is 23.3 Å². The van der Waals surface area contributed by atoms with E-state index in [1.54, 1.807) is 0 Å². The third kappa shape index (κ3) is 2.81. The molecule has 0 aromatic carbocycles. The maximum atomic E-state index is 4.47. The molecule has 3 nitrogen and oxygen atoms in total. The van der Waals surface area contributed by atoms with Gasteiger partial charge in [0.05, 0.1) is 0 Å². The summed E-state index contributed by atoms with van der Waals surface area (Å²) in [6.07, 6.45) is 4.20. The lowest BCUT2D eigenvalue weighted by atomic mass is 10.1. The summed E-state index contributed by atoms with van der Waals surface area (Å²) in [5.41, 5.74) is 2.38. The van der Waals surface area contributed by atoms with E-state index in [2.05, 4.69) is 35.2 Å². The highest BCUT2D eigenvalue weighted by Gasteiger charge is 2.08. The van der Waals surface area contributed by atoms with Crippen LogP contribution in [0.4, 0.5) is 5.82 Å². The fraction of sp³-hybridized carbons (Fsp3) is 0.538. The van der Waals surface area contributed by atoms with Crippen molar-refractivity contribution in [2.45, 2.75) is 26.7 Å². The van der Waals surface area contributed by atoms with Gasteiger partial charge in [-0.25, -0.2) is 4.98 Å². The van der Waals surface area contributed by atoms with Gasteiger partial charge in [-0.05, 0) is 30.9 Å². The van der Waals surface area contributed by atoms with Gasteiger partial charge in [-0.2, -0.15) is 0 Å². The van der Waals surface area contributed by atoms with Crippen LogP contribution in [0.25, 0.3) is 0 Å². The zero-order valence-corrected chi connectivity index (χ0v) is 10.0. The van der Waals surface area contributed by atoms with E-state index in [9.17, 15) is 0 Å². The predicted molar refractivity (Wildman–Crippen MR) is 68.2 cm³/mol. The van der Waals surface area contributed by atoms with Crippen molar-refractivity contribution in [2.75, 3.05) is 18.4 Å². The maximum Gasteiger partial charge on any atom is 0.125 e. The third-order valence-electron chi connectivity index (χ3n) is 2.66. The first-order valence-corrected chi connectivity index (χ1v) is 5.99. The Morgan fingerprint density at radius 2 is 2.25 bits per heavy atom. The van der Waals surface area contributed by atoms with Crippen molar-refractivity contribution >= 4 is 11.5 Å². The number of hydrogen-bond donors (Lipinski definition) is 1. The van der Waals surface area contributed by atoms with E-state index in [0.717, 1.165) is 25.3 Å². The number of aromatic nitrogens is 1. The molecule has 0 radical (unpaired) electrons. The maximum absolute atomic E-state index is 4.47. The van der Waals surface area contributed by atoms with Crippen molar-refractivity contribution in [3.63, 3.8) is 0 Å². The molecular formula is C13H19N3. The summed E-state index contributed by atoms with van der Waals surface area (Å²) in [4.78, 5) is 8.87. The summed E-state index contributed by atoms with van der Waals surface area (Å²) in [5, 5.41) is 3.31. The molecule has 86 valence electrons. The van der Waals surface area contributed by atoms with Crippen molar-refractivity contribution in [2.24, 2.45) is 10.9 Å². The Kier molecular flexibility index (Phi) is 3.54. The molecule has 3 heteroatoms. The largest absolute Gasteiger partial charge is 0.370 e. The number of aliphatic imine (C=N–C) groups is 1. The van der Waals surface area contributed by atoms with Gasteiger partial charge in [0, 0.05) is 30.6 Å². The Hall–Kier alpha value is -1.38. The summed E-state index contributed by atoms with van der Waals surface area (Å²) in [6.45, 7) is 6.32. The summed E-state index contributed by atoms with van der Waals surface area (Å²) >= 11 is 0. The molecule has 1 aromatic rings. The molecule has 0 unspecified atom stereocenters. The quantitative estimate of drug-likeness (QED) is 0.842. The highest BCUT2D eigenvalue weighted by atomic mass is 15.0. The normalized spacial score (nSPS) is 15.3. The minimum Gasteiger partial charge on any atom is -0.370 e. The molecule has 1 aliphatic rings. The van der Waals surface area contributed by atoms with Crippen molar-refractivity contribution in [3.05, 3.63) is 23.9 Å². The smallest absolute Gasteiger partial charge is 0.125 e. The Labute approximate surface area is 97.0 Å². The molecule has 16 heavy (non-hydrogen) atoms. The summed E-state index contributed by atoms with van der Waals surface area (Å²) in [6, 6.07) is 4.15. The van der Waals surface area contributed by atoms with Gasteiger partial charge in [0.25, 0.3) is 0 Å². The average Bonchev–Trinajstić information content (AvgIpc) is 2.80. The second-order valence-corrected chi connectivity index (χ2v) is 4.64. The molecule has 1 aliphatic heterocycles. The number of rotatable bonds is 4. The van der Waals surface area contributed by atoms with Crippen molar-refractivity contribution < 1.29 is 0 Å². The lowest BCUT2D eigenvalue weighted by Gasteiger charge is -2.08. The van der Waals surface area contributed by atoms with Crippen LogP contribution in [0, 0.1) is 5.92 Å². The minimum atomic E-state index is 0.640. The molecule has 0 spiro atoms. The van der Waals surface area contributed by atoms with Crippen LogP contribution >= 0.6 is 0 Å². The van der Waals surface area contributed by atoms with E-state index in [4.69, 9.17) is 0 Å². The summed E-state index contributed by atoms with van der Waals surface area (Å²) < 4.78 is 0. The average molecular weight is 217 g/mol. The van der Waals surface area contributed by atoms with E-state index in [1.807, 2.05) is 12.3 Å². The van der Waals surface area contributed by atoms with Gasteiger partial charge >= 0.3 is 0 Å². The first-order chi connectivity index (χ1) is 7.75. The van der Waals surface area contributed by atoms with Gasteiger partial charge in [0.2, 0.25) is 0 Å². The van der Waals surface area contributed by atoms with Crippen LogP contribution in [-0.4, -0.2) is 23.8 Å². The molecule has 0 fully saturated rings. The Balaban J connectivity index is 1.99. The van der Waals surface area contributed by atoms with Crippen LogP contribution in [0.2, 0.25) is 0 Å². The van der Waals surface area contributed by atoms with Crippen LogP contribution in [0.3, 0.4) is 0 Å². The standard InChI is InChI=1S/C13H19N3/c1-10(2)8-15-13-6-5-11(9-16-13)12-4-3-7-14-12/h5-6,9-10H,3-4,7-8H2,1-2H3,(H,15,16). The van der Waals surface area contributed by atoms with E-state index < -0.39 is 0 Å². The van der Waals surface area contributed by atoms with E-state index >= 15 is 0 Å². The molecule has 2 rings (SSSR count). The zero-order valence-electron chi connectivity index (χ0n) is 10.0. The first kappa shape index (κ1) is 11.1. The van der Waals surface area contributed by atoms with Gasteiger partial charge in [0.15, 0.2) is 0 Å². The number of hydrogen-bond acceptors (Lipinski definition) is 3. The van der Waals surface area contributed by atoms with Crippen molar-refractivity contribution in [3.8, 4) is 0 Å². The Morgan fingerprint density at radius 1 is 1.38 bits per heavy atom. The van der Waals surface area contributed by atoms with Gasteiger partial charge in [-0.15, -0.1) is 0 Å².